The first-order valence-electron chi connectivity index (χ1n) is 7.90. The zero-order chi connectivity index (χ0) is 19.5. The quantitative estimate of drug-likeness (QED) is 0.877. The van der Waals surface area contributed by atoms with Crippen LogP contribution in [-0.4, -0.2) is 25.1 Å². The second kappa shape index (κ2) is 7.41. The average Bonchev–Trinajstić information content (AvgIpc) is 2.52. The Labute approximate surface area is 152 Å². The maximum atomic E-state index is 13.2. The van der Waals surface area contributed by atoms with E-state index in [0.717, 1.165) is 17.8 Å². The Bertz CT molecular complexity index is 873. The normalized spacial score (nSPS) is 13.1. The van der Waals surface area contributed by atoms with Crippen molar-refractivity contribution < 1.29 is 22.3 Å². The largest absolute Gasteiger partial charge is 0.444 e. The molecule has 2 aromatic rings. The fraction of sp³-hybridized carbons (Fsp3) is 0.333. The Morgan fingerprint density at radius 3 is 2.27 bits per heavy atom. The number of alkyl carbamates (subject to hydrolysis) is 1. The van der Waals surface area contributed by atoms with Crippen molar-refractivity contribution in [2.75, 3.05) is 0 Å². The molecule has 0 aliphatic carbocycles. The molecule has 0 aliphatic rings. The van der Waals surface area contributed by atoms with Gasteiger partial charge < -0.3 is 4.74 Å². The highest BCUT2D eigenvalue weighted by molar-refractivity contribution is 7.91. The predicted molar refractivity (Wildman–Crippen MR) is 94.7 cm³/mol. The van der Waals surface area contributed by atoms with E-state index >= 15 is 0 Å². The van der Waals surface area contributed by atoms with Crippen molar-refractivity contribution in [3.63, 3.8) is 0 Å². The lowest BCUT2D eigenvalue weighted by atomic mass is 10.2. The van der Waals surface area contributed by atoms with Gasteiger partial charge in [-0.3, -0.25) is 10.3 Å². The van der Waals surface area contributed by atoms with Gasteiger partial charge in [0.1, 0.15) is 11.4 Å². The van der Waals surface area contributed by atoms with Crippen LogP contribution in [-0.2, 0) is 14.6 Å². The Hall–Kier alpha value is -2.48. The average molecular weight is 380 g/mol. The second-order valence-electron chi connectivity index (χ2n) is 6.79. The number of nitrogens with one attached hydrogen (secondary N) is 1. The molecule has 1 N–H and O–H groups in total. The molecule has 8 heteroatoms. The van der Waals surface area contributed by atoms with Crippen LogP contribution in [0, 0.1) is 12.7 Å². The SMILES string of the molecule is Cc1ccc(S(=O)(=O)C(NC(=O)OC(C)(C)C)c2ccc(F)cn2)cc1. The number of pyridine rings is 1. The van der Waals surface area contributed by atoms with Gasteiger partial charge in [0.25, 0.3) is 0 Å². The molecular formula is C18H21FN2O4S. The summed E-state index contributed by atoms with van der Waals surface area (Å²) in [4.78, 5) is 16.0. The van der Waals surface area contributed by atoms with Crippen LogP contribution in [0.4, 0.5) is 9.18 Å². The fourth-order valence-corrected chi connectivity index (χ4v) is 3.63. The molecule has 26 heavy (non-hydrogen) atoms. The van der Waals surface area contributed by atoms with Crippen molar-refractivity contribution in [1.82, 2.24) is 10.3 Å². The lowest BCUT2D eigenvalue weighted by Crippen LogP contribution is -2.38. The molecule has 0 bridgehead atoms. The number of hydrogen-bond acceptors (Lipinski definition) is 5. The van der Waals surface area contributed by atoms with Crippen molar-refractivity contribution in [3.05, 3.63) is 59.7 Å². The summed E-state index contributed by atoms with van der Waals surface area (Å²) in [6.45, 7) is 6.80. The molecule has 0 radical (unpaired) electrons. The molecule has 1 heterocycles. The number of hydrogen-bond donors (Lipinski definition) is 1. The number of sulfone groups is 1. The minimum absolute atomic E-state index is 0.00952. The highest BCUT2D eigenvalue weighted by atomic mass is 32.2. The van der Waals surface area contributed by atoms with Gasteiger partial charge >= 0.3 is 6.09 Å². The molecule has 0 saturated carbocycles. The zero-order valence-corrected chi connectivity index (χ0v) is 15.8. The smallest absolute Gasteiger partial charge is 0.409 e. The van der Waals surface area contributed by atoms with Crippen LogP contribution in [0.2, 0.25) is 0 Å². The monoisotopic (exact) mass is 380 g/mol. The number of ether oxygens (including phenoxy) is 1. The van der Waals surface area contributed by atoms with Crippen molar-refractivity contribution in [1.29, 1.82) is 0 Å². The van der Waals surface area contributed by atoms with E-state index < -0.39 is 32.7 Å². The van der Waals surface area contributed by atoms with E-state index in [9.17, 15) is 17.6 Å². The molecule has 140 valence electrons. The zero-order valence-electron chi connectivity index (χ0n) is 15.0. The maximum Gasteiger partial charge on any atom is 0.409 e. The molecule has 1 atom stereocenters. The van der Waals surface area contributed by atoms with E-state index in [-0.39, 0.29) is 10.6 Å². The standard InChI is InChI=1S/C18H21FN2O4S/c1-12-5-8-14(9-6-12)26(23,24)16(15-10-7-13(19)11-20-15)21-17(22)25-18(2,3)4/h5-11,16H,1-4H3,(H,21,22). The first kappa shape index (κ1) is 19.8. The molecule has 0 aliphatic heterocycles. The number of nitrogens with zero attached hydrogens (tertiary/aromatic N) is 1. The third-order valence-electron chi connectivity index (χ3n) is 3.33. The molecule has 2 rings (SSSR count). The Balaban J connectivity index is 2.44. The Morgan fingerprint density at radius 2 is 1.77 bits per heavy atom. The molecular weight excluding hydrogens is 359 g/mol. The van der Waals surface area contributed by atoms with Gasteiger partial charge in [-0.1, -0.05) is 17.7 Å². The number of carbonyl (C=O) groups excluding carboxylic acids is 1. The summed E-state index contributed by atoms with van der Waals surface area (Å²) in [5, 5.41) is 0.815. The minimum atomic E-state index is -4.03. The number of aryl methyl sites for hydroxylation is 1. The van der Waals surface area contributed by atoms with Gasteiger partial charge in [-0.15, -0.1) is 0 Å². The summed E-state index contributed by atoms with van der Waals surface area (Å²) >= 11 is 0. The number of benzene rings is 1. The molecule has 1 aromatic heterocycles. The maximum absolute atomic E-state index is 13.2. The predicted octanol–water partition coefficient (Wildman–Crippen LogP) is 3.53. The highest BCUT2D eigenvalue weighted by Crippen LogP contribution is 2.26. The van der Waals surface area contributed by atoms with Gasteiger partial charge in [0.05, 0.1) is 16.8 Å². The van der Waals surface area contributed by atoms with Gasteiger partial charge in [-0.2, -0.15) is 0 Å². The molecule has 1 amide bonds. The molecule has 0 spiro atoms. The number of rotatable bonds is 4. The number of halogens is 1. The molecule has 0 fully saturated rings. The lowest BCUT2D eigenvalue weighted by Gasteiger charge is -2.23. The minimum Gasteiger partial charge on any atom is -0.444 e. The van der Waals surface area contributed by atoms with Crippen LogP contribution < -0.4 is 5.32 Å². The summed E-state index contributed by atoms with van der Waals surface area (Å²) in [5.74, 6) is -0.613. The van der Waals surface area contributed by atoms with Crippen molar-refractivity contribution in [2.45, 2.75) is 43.6 Å². The topological polar surface area (TPSA) is 85.4 Å². The van der Waals surface area contributed by atoms with Crippen LogP contribution in [0.15, 0.2) is 47.5 Å². The second-order valence-corrected chi connectivity index (χ2v) is 8.82. The first-order valence-corrected chi connectivity index (χ1v) is 9.45. The summed E-state index contributed by atoms with van der Waals surface area (Å²) in [7, 11) is -4.03. The van der Waals surface area contributed by atoms with Crippen molar-refractivity contribution in [3.8, 4) is 0 Å². The summed E-state index contributed by atoms with van der Waals surface area (Å²) in [6.07, 6.45) is -0.0200. The van der Waals surface area contributed by atoms with E-state index in [2.05, 4.69) is 10.3 Å². The molecule has 0 saturated heterocycles. The van der Waals surface area contributed by atoms with E-state index in [4.69, 9.17) is 4.74 Å². The Kier molecular flexibility index (Phi) is 5.65. The first-order chi connectivity index (χ1) is 12.0. The highest BCUT2D eigenvalue weighted by Gasteiger charge is 2.33. The van der Waals surface area contributed by atoms with Gasteiger partial charge in [0.2, 0.25) is 9.84 Å². The van der Waals surface area contributed by atoms with Gasteiger partial charge in [-0.05, 0) is 52.0 Å². The van der Waals surface area contributed by atoms with Gasteiger partial charge in [-0.25, -0.2) is 17.6 Å². The third kappa shape index (κ3) is 5.01. The van der Waals surface area contributed by atoms with Gasteiger partial charge in [0, 0.05) is 0 Å². The summed E-state index contributed by atoms with van der Waals surface area (Å²) in [6, 6.07) is 8.47. The van der Waals surface area contributed by atoms with Crippen LogP contribution in [0.25, 0.3) is 0 Å². The molecule has 1 aromatic carbocycles. The van der Waals surface area contributed by atoms with Crippen LogP contribution >= 0.6 is 0 Å². The van der Waals surface area contributed by atoms with Gasteiger partial charge in [0.15, 0.2) is 5.37 Å². The lowest BCUT2D eigenvalue weighted by molar-refractivity contribution is 0.0518. The molecule has 6 nitrogen and oxygen atoms in total. The van der Waals surface area contributed by atoms with Crippen LogP contribution in [0.1, 0.15) is 37.4 Å². The van der Waals surface area contributed by atoms with Crippen molar-refractivity contribution in [2.24, 2.45) is 0 Å². The van der Waals surface area contributed by atoms with E-state index in [1.807, 2.05) is 6.92 Å². The summed E-state index contributed by atoms with van der Waals surface area (Å²) in [5.41, 5.74) is 0.0664. The van der Waals surface area contributed by atoms with E-state index in [1.165, 1.54) is 18.2 Å². The van der Waals surface area contributed by atoms with Crippen LogP contribution in [0.3, 0.4) is 0 Å². The van der Waals surface area contributed by atoms with Crippen LogP contribution in [0.5, 0.6) is 0 Å². The Morgan fingerprint density at radius 1 is 1.15 bits per heavy atom. The number of amides is 1. The van der Waals surface area contributed by atoms with Crippen molar-refractivity contribution >= 4 is 15.9 Å². The van der Waals surface area contributed by atoms with E-state index in [0.29, 0.717) is 0 Å². The van der Waals surface area contributed by atoms with E-state index in [1.54, 1.807) is 32.9 Å². The number of carbonyl (C=O) groups is 1. The molecule has 1 unspecified atom stereocenters. The number of aromatic nitrogens is 1. The fourth-order valence-electron chi connectivity index (χ4n) is 2.13. The third-order valence-corrected chi connectivity index (χ3v) is 5.24. The summed E-state index contributed by atoms with van der Waals surface area (Å²) < 4.78 is 44.4.